The van der Waals surface area contributed by atoms with Crippen LogP contribution in [0.25, 0.3) is 10.6 Å². The fourth-order valence-corrected chi connectivity index (χ4v) is 5.25. The molecule has 2 aromatic heterocycles. The summed E-state index contributed by atoms with van der Waals surface area (Å²) in [6, 6.07) is 0. The van der Waals surface area contributed by atoms with Gasteiger partial charge in [-0.05, 0) is 39.0 Å². The van der Waals surface area contributed by atoms with E-state index in [9.17, 15) is 9.90 Å². The molecule has 4 rings (SSSR count). The number of fused-ring (bicyclic) bond motifs is 1. The third-order valence-corrected chi connectivity index (χ3v) is 6.40. The second kappa shape index (κ2) is 6.31. The molecule has 1 N–H and O–H groups in total. The van der Waals surface area contributed by atoms with Crippen LogP contribution in [0.1, 0.15) is 77.6 Å². The van der Waals surface area contributed by atoms with Crippen LogP contribution in [-0.2, 0) is 13.0 Å². The van der Waals surface area contributed by atoms with Gasteiger partial charge in [-0.3, -0.25) is 4.68 Å². The highest BCUT2D eigenvalue weighted by Crippen LogP contribution is 2.40. The van der Waals surface area contributed by atoms with Crippen LogP contribution in [0.5, 0.6) is 0 Å². The molecule has 0 spiro atoms. The summed E-state index contributed by atoms with van der Waals surface area (Å²) in [6.07, 6.45) is 9.09. The van der Waals surface area contributed by atoms with E-state index in [0.717, 1.165) is 47.8 Å². The summed E-state index contributed by atoms with van der Waals surface area (Å²) in [5, 5.41) is 15.2. The first-order chi connectivity index (χ1) is 11.6. The number of carbonyl (C=O) groups is 1. The molecule has 0 bridgehead atoms. The van der Waals surface area contributed by atoms with Gasteiger partial charge in [-0.2, -0.15) is 5.10 Å². The quantitative estimate of drug-likeness (QED) is 0.895. The number of aromatic carboxylic acids is 1. The van der Waals surface area contributed by atoms with Crippen LogP contribution in [0.4, 0.5) is 0 Å². The molecule has 1 fully saturated rings. The Bertz CT molecular complexity index is 772. The third-order valence-electron chi connectivity index (χ3n) is 5.32. The monoisotopic (exact) mass is 345 g/mol. The van der Waals surface area contributed by atoms with Crippen molar-refractivity contribution in [3.63, 3.8) is 0 Å². The maximum absolute atomic E-state index is 11.8. The first-order valence-corrected chi connectivity index (χ1v) is 9.77. The van der Waals surface area contributed by atoms with Gasteiger partial charge in [-0.1, -0.05) is 19.3 Å². The Labute approximate surface area is 145 Å². The first kappa shape index (κ1) is 15.8. The molecule has 6 heteroatoms. The van der Waals surface area contributed by atoms with Gasteiger partial charge in [0.05, 0.1) is 17.0 Å². The highest BCUT2D eigenvalue weighted by atomic mass is 32.1. The van der Waals surface area contributed by atoms with E-state index in [0.29, 0.717) is 10.8 Å². The number of aryl methyl sites for hydroxylation is 2. The van der Waals surface area contributed by atoms with E-state index in [1.165, 1.54) is 49.1 Å². The first-order valence-electron chi connectivity index (χ1n) is 8.96. The normalized spacial score (nSPS) is 18.5. The molecule has 1 aliphatic heterocycles. The van der Waals surface area contributed by atoms with Gasteiger partial charge in [0.2, 0.25) is 0 Å². The molecule has 128 valence electrons. The Morgan fingerprint density at radius 2 is 2.00 bits per heavy atom. The smallest absolute Gasteiger partial charge is 0.347 e. The Morgan fingerprint density at radius 1 is 1.21 bits per heavy atom. The lowest BCUT2D eigenvalue weighted by Gasteiger charge is -2.20. The zero-order valence-electron chi connectivity index (χ0n) is 14.0. The average molecular weight is 345 g/mol. The summed E-state index contributed by atoms with van der Waals surface area (Å²) >= 11 is 1.34. The summed E-state index contributed by atoms with van der Waals surface area (Å²) in [7, 11) is 0. The van der Waals surface area contributed by atoms with Crippen molar-refractivity contribution >= 4 is 17.3 Å². The van der Waals surface area contributed by atoms with Gasteiger partial charge in [-0.25, -0.2) is 9.78 Å². The molecule has 5 nitrogen and oxygen atoms in total. The number of carboxylic acid groups (broad SMARTS) is 1. The van der Waals surface area contributed by atoms with Crippen molar-refractivity contribution in [2.45, 2.75) is 70.8 Å². The van der Waals surface area contributed by atoms with Crippen molar-refractivity contribution in [3.05, 3.63) is 22.0 Å². The highest BCUT2D eigenvalue weighted by Gasteiger charge is 2.29. The number of nitrogens with zero attached hydrogens (tertiary/aromatic N) is 3. The van der Waals surface area contributed by atoms with Crippen molar-refractivity contribution in [2.75, 3.05) is 0 Å². The summed E-state index contributed by atoms with van der Waals surface area (Å²) in [4.78, 5) is 17.1. The maximum atomic E-state index is 11.8. The van der Waals surface area contributed by atoms with E-state index in [1.807, 2.05) is 6.92 Å². The molecule has 0 saturated heterocycles. The van der Waals surface area contributed by atoms with Crippen molar-refractivity contribution in [3.8, 4) is 10.6 Å². The van der Waals surface area contributed by atoms with Crippen molar-refractivity contribution in [1.82, 2.24) is 14.8 Å². The fraction of sp³-hybridized carbons (Fsp3) is 0.611. The summed E-state index contributed by atoms with van der Waals surface area (Å²) < 4.78 is 2.09. The molecule has 1 aliphatic carbocycles. The largest absolute Gasteiger partial charge is 0.477 e. The van der Waals surface area contributed by atoms with Crippen LogP contribution in [0, 0.1) is 6.92 Å². The molecular weight excluding hydrogens is 322 g/mol. The summed E-state index contributed by atoms with van der Waals surface area (Å²) in [5.41, 5.74) is 4.12. The zero-order chi connectivity index (χ0) is 16.7. The van der Waals surface area contributed by atoms with E-state index in [4.69, 9.17) is 4.98 Å². The molecule has 0 aromatic carbocycles. The van der Waals surface area contributed by atoms with E-state index < -0.39 is 5.97 Å². The Morgan fingerprint density at radius 3 is 2.75 bits per heavy atom. The molecule has 24 heavy (non-hydrogen) atoms. The van der Waals surface area contributed by atoms with Crippen molar-refractivity contribution < 1.29 is 9.90 Å². The number of thiazole rings is 1. The molecule has 0 radical (unpaired) electrons. The predicted octanol–water partition coefficient (Wildman–Crippen LogP) is 4.40. The molecule has 0 unspecified atom stereocenters. The highest BCUT2D eigenvalue weighted by molar-refractivity contribution is 7.17. The number of aromatic nitrogens is 3. The average Bonchev–Trinajstić information content (AvgIpc) is 3.16. The zero-order valence-corrected chi connectivity index (χ0v) is 14.9. The van der Waals surface area contributed by atoms with Crippen molar-refractivity contribution in [1.29, 1.82) is 0 Å². The van der Waals surface area contributed by atoms with Gasteiger partial charge in [0.25, 0.3) is 0 Å². The predicted molar refractivity (Wildman–Crippen MR) is 93.8 cm³/mol. The van der Waals surface area contributed by atoms with Crippen LogP contribution >= 0.6 is 11.3 Å². The molecule has 1 saturated carbocycles. The van der Waals surface area contributed by atoms with E-state index >= 15 is 0 Å². The van der Waals surface area contributed by atoms with Gasteiger partial charge in [-0.15, -0.1) is 11.3 Å². The molecule has 0 amide bonds. The summed E-state index contributed by atoms with van der Waals surface area (Å²) in [6.45, 7) is 2.98. The topological polar surface area (TPSA) is 68.0 Å². The Balaban J connectivity index is 1.79. The lowest BCUT2D eigenvalue weighted by atomic mass is 9.86. The van der Waals surface area contributed by atoms with Crippen molar-refractivity contribution in [2.24, 2.45) is 0 Å². The number of rotatable bonds is 3. The lowest BCUT2D eigenvalue weighted by molar-refractivity contribution is 0.0700. The molecule has 2 aliphatic rings. The summed E-state index contributed by atoms with van der Waals surface area (Å²) in [5.74, 6) is -0.528. The molecule has 0 atom stereocenters. The van der Waals surface area contributed by atoms with E-state index in [2.05, 4.69) is 9.78 Å². The maximum Gasteiger partial charge on any atom is 0.347 e. The van der Waals surface area contributed by atoms with Crippen LogP contribution < -0.4 is 0 Å². The Hall–Kier alpha value is -1.69. The van der Waals surface area contributed by atoms with Crippen LogP contribution in [0.3, 0.4) is 0 Å². The van der Waals surface area contributed by atoms with Crippen LogP contribution in [-0.4, -0.2) is 25.8 Å². The van der Waals surface area contributed by atoms with Crippen LogP contribution in [0.15, 0.2) is 0 Å². The second-order valence-corrected chi connectivity index (χ2v) is 7.96. The lowest BCUT2D eigenvalue weighted by Crippen LogP contribution is -2.11. The number of hydrogen-bond acceptors (Lipinski definition) is 4. The van der Waals surface area contributed by atoms with Gasteiger partial charge < -0.3 is 5.11 Å². The molecular formula is C18H23N3O2S. The van der Waals surface area contributed by atoms with Gasteiger partial charge in [0.1, 0.15) is 9.88 Å². The van der Waals surface area contributed by atoms with E-state index in [-0.39, 0.29) is 0 Å². The third kappa shape index (κ3) is 2.66. The number of carboxylic acids is 1. The van der Waals surface area contributed by atoms with E-state index in [1.54, 1.807) is 0 Å². The minimum absolute atomic E-state index is 0.307. The fourth-order valence-electron chi connectivity index (χ4n) is 4.15. The minimum atomic E-state index is -0.835. The minimum Gasteiger partial charge on any atom is -0.477 e. The number of hydrogen-bond donors (Lipinski definition) is 1. The second-order valence-electron chi connectivity index (χ2n) is 6.96. The van der Waals surface area contributed by atoms with Gasteiger partial charge in [0, 0.05) is 18.2 Å². The Kier molecular flexibility index (Phi) is 4.16. The van der Waals surface area contributed by atoms with Crippen LogP contribution in [0.2, 0.25) is 0 Å². The standard InChI is InChI=1S/C18H23N3O2S/c1-11-14(13-9-5-6-10-21(13)20-11)17-19-15(16(24-17)18(22)23)12-7-3-2-4-8-12/h12H,2-10H2,1H3,(H,22,23). The van der Waals surface area contributed by atoms with Gasteiger partial charge >= 0.3 is 5.97 Å². The SMILES string of the molecule is Cc1nn2c(c1-c1nc(C3CCCCC3)c(C(=O)O)s1)CCCC2. The molecule has 3 heterocycles. The van der Waals surface area contributed by atoms with Gasteiger partial charge in [0.15, 0.2) is 0 Å². The molecule has 2 aromatic rings.